The summed E-state index contributed by atoms with van der Waals surface area (Å²) in [6.45, 7) is 5.63. The van der Waals surface area contributed by atoms with Crippen LogP contribution in [-0.4, -0.2) is 17.7 Å². The number of hydrogen-bond donors (Lipinski definition) is 1. The first-order valence-corrected chi connectivity index (χ1v) is 6.73. The monoisotopic (exact) mass is 233 g/mol. The molecular weight excluding hydrogens is 210 g/mol. The highest BCUT2D eigenvalue weighted by atomic mass is 16.3. The number of aliphatic hydroxyl groups is 1. The smallest absolute Gasteiger partial charge is 0.0684 e. The van der Waals surface area contributed by atoms with E-state index >= 15 is 0 Å². The van der Waals surface area contributed by atoms with Gasteiger partial charge in [0.25, 0.3) is 0 Å². The van der Waals surface area contributed by atoms with E-state index in [4.69, 9.17) is 0 Å². The first kappa shape index (κ1) is 12.4. The largest absolute Gasteiger partial charge is 0.392 e. The summed E-state index contributed by atoms with van der Waals surface area (Å²) in [7, 11) is 0. The standard InChI is InChI=1S/C15H23NO/c1-3-4-9-16(14-7-8-14)15-6-5-13(11-17)12(2)10-15/h5-6,10,14,17H,3-4,7-9,11H2,1-2H3. The van der Waals surface area contributed by atoms with Gasteiger partial charge in [0.1, 0.15) is 0 Å². The minimum absolute atomic E-state index is 0.143. The van der Waals surface area contributed by atoms with E-state index in [1.54, 1.807) is 0 Å². The zero-order valence-corrected chi connectivity index (χ0v) is 10.9. The van der Waals surface area contributed by atoms with Gasteiger partial charge in [0.15, 0.2) is 0 Å². The van der Waals surface area contributed by atoms with Crippen molar-refractivity contribution in [2.24, 2.45) is 0 Å². The molecule has 1 aliphatic carbocycles. The SMILES string of the molecule is CCCCN(c1ccc(CO)c(C)c1)C1CC1. The van der Waals surface area contributed by atoms with Crippen LogP contribution in [0.3, 0.4) is 0 Å². The third kappa shape index (κ3) is 3.01. The quantitative estimate of drug-likeness (QED) is 0.815. The van der Waals surface area contributed by atoms with Gasteiger partial charge in [0.2, 0.25) is 0 Å². The van der Waals surface area contributed by atoms with Crippen molar-refractivity contribution in [3.63, 3.8) is 0 Å². The zero-order valence-electron chi connectivity index (χ0n) is 10.9. The second-order valence-electron chi connectivity index (χ2n) is 5.05. The van der Waals surface area contributed by atoms with Crippen molar-refractivity contribution < 1.29 is 5.11 Å². The summed E-state index contributed by atoms with van der Waals surface area (Å²) < 4.78 is 0. The molecule has 1 fully saturated rings. The predicted molar refractivity (Wildman–Crippen MR) is 72.4 cm³/mol. The van der Waals surface area contributed by atoms with Crippen LogP contribution in [0.5, 0.6) is 0 Å². The average molecular weight is 233 g/mol. The molecule has 94 valence electrons. The molecule has 0 amide bonds. The van der Waals surface area contributed by atoms with Crippen LogP contribution in [0.2, 0.25) is 0 Å². The Balaban J connectivity index is 2.14. The van der Waals surface area contributed by atoms with Gasteiger partial charge in [-0.1, -0.05) is 19.4 Å². The number of unbranched alkanes of at least 4 members (excludes halogenated alkanes) is 1. The van der Waals surface area contributed by atoms with Crippen molar-refractivity contribution in [1.82, 2.24) is 0 Å². The summed E-state index contributed by atoms with van der Waals surface area (Å²) in [5.41, 5.74) is 3.57. The van der Waals surface area contributed by atoms with Crippen molar-refractivity contribution in [2.75, 3.05) is 11.4 Å². The van der Waals surface area contributed by atoms with Gasteiger partial charge in [-0.3, -0.25) is 0 Å². The second-order valence-corrected chi connectivity index (χ2v) is 5.05. The van der Waals surface area contributed by atoms with E-state index in [0.717, 1.165) is 11.6 Å². The molecule has 0 bridgehead atoms. The summed E-state index contributed by atoms with van der Waals surface area (Å²) in [6, 6.07) is 7.21. The highest BCUT2D eigenvalue weighted by Gasteiger charge is 2.28. The van der Waals surface area contributed by atoms with Gasteiger partial charge >= 0.3 is 0 Å². The molecule has 0 heterocycles. The molecule has 0 atom stereocenters. The Morgan fingerprint density at radius 1 is 1.35 bits per heavy atom. The first-order valence-electron chi connectivity index (χ1n) is 6.73. The number of aryl methyl sites for hydroxylation is 1. The molecule has 0 aromatic heterocycles. The van der Waals surface area contributed by atoms with Crippen molar-refractivity contribution in [1.29, 1.82) is 0 Å². The number of aliphatic hydroxyl groups excluding tert-OH is 1. The number of anilines is 1. The van der Waals surface area contributed by atoms with E-state index in [2.05, 4.69) is 36.9 Å². The lowest BCUT2D eigenvalue weighted by atomic mass is 10.1. The highest BCUT2D eigenvalue weighted by Crippen LogP contribution is 2.32. The first-order chi connectivity index (χ1) is 8.26. The van der Waals surface area contributed by atoms with Gasteiger partial charge < -0.3 is 10.0 Å². The summed E-state index contributed by atoms with van der Waals surface area (Å²) in [6.07, 6.45) is 5.18. The maximum atomic E-state index is 9.20. The minimum atomic E-state index is 0.143. The van der Waals surface area contributed by atoms with Crippen LogP contribution >= 0.6 is 0 Å². The van der Waals surface area contributed by atoms with Crippen LogP contribution in [-0.2, 0) is 6.61 Å². The molecule has 1 aliphatic rings. The van der Waals surface area contributed by atoms with Gasteiger partial charge in [-0.05, 0) is 49.4 Å². The Morgan fingerprint density at radius 3 is 2.65 bits per heavy atom. The molecule has 0 radical (unpaired) electrons. The molecule has 2 nitrogen and oxygen atoms in total. The van der Waals surface area contributed by atoms with Crippen LogP contribution in [0, 0.1) is 6.92 Å². The molecule has 0 saturated heterocycles. The normalized spacial score (nSPS) is 15.0. The lowest BCUT2D eigenvalue weighted by Crippen LogP contribution is -2.26. The third-order valence-electron chi connectivity index (χ3n) is 3.57. The Labute approximate surface area is 104 Å². The van der Waals surface area contributed by atoms with E-state index < -0.39 is 0 Å². The Hall–Kier alpha value is -1.02. The molecule has 1 aromatic carbocycles. The van der Waals surface area contributed by atoms with Crippen LogP contribution < -0.4 is 4.90 Å². The minimum Gasteiger partial charge on any atom is -0.392 e. The van der Waals surface area contributed by atoms with Gasteiger partial charge in [0, 0.05) is 18.3 Å². The van der Waals surface area contributed by atoms with Gasteiger partial charge in [-0.15, -0.1) is 0 Å². The lowest BCUT2D eigenvalue weighted by Gasteiger charge is -2.25. The van der Waals surface area contributed by atoms with Crippen molar-refractivity contribution >= 4 is 5.69 Å². The van der Waals surface area contributed by atoms with Crippen LogP contribution in [0.25, 0.3) is 0 Å². The molecule has 1 N–H and O–H groups in total. The van der Waals surface area contributed by atoms with Crippen LogP contribution in [0.15, 0.2) is 18.2 Å². The van der Waals surface area contributed by atoms with Gasteiger partial charge in [-0.2, -0.15) is 0 Å². The van der Waals surface area contributed by atoms with Gasteiger partial charge in [0.05, 0.1) is 6.61 Å². The molecule has 0 unspecified atom stereocenters. The number of hydrogen-bond acceptors (Lipinski definition) is 2. The topological polar surface area (TPSA) is 23.5 Å². The second kappa shape index (κ2) is 5.54. The zero-order chi connectivity index (χ0) is 12.3. The summed E-state index contributed by atoms with van der Waals surface area (Å²) >= 11 is 0. The fourth-order valence-electron chi connectivity index (χ4n) is 2.27. The summed E-state index contributed by atoms with van der Waals surface area (Å²) in [5, 5.41) is 9.20. The average Bonchev–Trinajstić information content (AvgIpc) is 3.14. The van der Waals surface area contributed by atoms with Crippen molar-refractivity contribution in [2.45, 2.75) is 52.2 Å². The Bertz CT molecular complexity index is 371. The number of nitrogens with zero attached hydrogens (tertiary/aromatic N) is 1. The Kier molecular flexibility index (Phi) is 4.06. The molecule has 2 heteroatoms. The highest BCUT2D eigenvalue weighted by molar-refractivity contribution is 5.52. The molecular formula is C15H23NO. The van der Waals surface area contributed by atoms with E-state index in [-0.39, 0.29) is 6.61 Å². The van der Waals surface area contributed by atoms with Crippen LogP contribution in [0.4, 0.5) is 5.69 Å². The third-order valence-corrected chi connectivity index (χ3v) is 3.57. The summed E-state index contributed by atoms with van der Waals surface area (Å²) in [4.78, 5) is 2.54. The molecule has 17 heavy (non-hydrogen) atoms. The molecule has 1 saturated carbocycles. The maximum Gasteiger partial charge on any atom is 0.0684 e. The van der Waals surface area contributed by atoms with E-state index in [1.165, 1.54) is 43.5 Å². The lowest BCUT2D eigenvalue weighted by molar-refractivity contribution is 0.281. The van der Waals surface area contributed by atoms with Crippen LogP contribution in [0.1, 0.15) is 43.7 Å². The number of benzene rings is 1. The molecule has 1 aromatic rings. The van der Waals surface area contributed by atoms with Crippen molar-refractivity contribution in [3.05, 3.63) is 29.3 Å². The molecule has 2 rings (SSSR count). The fourth-order valence-corrected chi connectivity index (χ4v) is 2.27. The van der Waals surface area contributed by atoms with E-state index in [9.17, 15) is 5.11 Å². The molecule has 0 aliphatic heterocycles. The Morgan fingerprint density at radius 2 is 2.12 bits per heavy atom. The van der Waals surface area contributed by atoms with E-state index in [0.29, 0.717) is 0 Å². The maximum absolute atomic E-state index is 9.20. The summed E-state index contributed by atoms with van der Waals surface area (Å²) in [5.74, 6) is 0. The van der Waals surface area contributed by atoms with E-state index in [1.807, 2.05) is 0 Å². The predicted octanol–water partition coefficient (Wildman–Crippen LogP) is 3.26. The van der Waals surface area contributed by atoms with Gasteiger partial charge in [-0.25, -0.2) is 0 Å². The molecule has 0 spiro atoms. The number of rotatable bonds is 6. The fraction of sp³-hybridized carbons (Fsp3) is 0.600. The van der Waals surface area contributed by atoms with Crippen molar-refractivity contribution in [3.8, 4) is 0 Å².